The molecule has 0 N–H and O–H groups in total. The highest BCUT2D eigenvalue weighted by molar-refractivity contribution is 8.15. The standard InChI is InChI=1S/C11H19ClO3S/c1-10(2)5-3-4-9(15-10)8-11(6-7-11)16(12,13)14/h9H,3-8H2,1-2H3. The van der Waals surface area contributed by atoms with Gasteiger partial charge in [-0.25, -0.2) is 8.42 Å². The van der Waals surface area contributed by atoms with Gasteiger partial charge in [0.15, 0.2) is 0 Å². The van der Waals surface area contributed by atoms with Crippen LogP contribution in [0, 0.1) is 0 Å². The van der Waals surface area contributed by atoms with Crippen LogP contribution in [0.1, 0.15) is 52.4 Å². The first kappa shape index (κ1) is 12.7. The van der Waals surface area contributed by atoms with Crippen molar-refractivity contribution in [3.63, 3.8) is 0 Å². The summed E-state index contributed by atoms with van der Waals surface area (Å²) in [6.07, 6.45) is 5.12. The summed E-state index contributed by atoms with van der Waals surface area (Å²) in [6, 6.07) is 0. The van der Waals surface area contributed by atoms with E-state index in [9.17, 15) is 8.42 Å². The Morgan fingerprint density at radius 3 is 2.38 bits per heavy atom. The molecule has 1 unspecified atom stereocenters. The molecule has 3 nitrogen and oxygen atoms in total. The van der Waals surface area contributed by atoms with Gasteiger partial charge < -0.3 is 4.74 Å². The Morgan fingerprint density at radius 1 is 1.31 bits per heavy atom. The first-order chi connectivity index (χ1) is 7.24. The Labute approximate surface area is 102 Å². The lowest BCUT2D eigenvalue weighted by Gasteiger charge is -2.37. The van der Waals surface area contributed by atoms with E-state index in [2.05, 4.69) is 13.8 Å². The summed E-state index contributed by atoms with van der Waals surface area (Å²) in [7, 11) is 2.06. The molecule has 1 saturated heterocycles. The van der Waals surface area contributed by atoms with Gasteiger partial charge in [-0.2, -0.15) is 0 Å². The predicted octanol–water partition coefficient (Wildman–Crippen LogP) is 2.83. The molecule has 0 radical (unpaired) electrons. The van der Waals surface area contributed by atoms with Crippen LogP contribution in [0.25, 0.3) is 0 Å². The van der Waals surface area contributed by atoms with E-state index in [1.807, 2.05) is 0 Å². The highest BCUT2D eigenvalue weighted by Crippen LogP contribution is 2.50. The van der Waals surface area contributed by atoms with Crippen molar-refractivity contribution in [1.29, 1.82) is 0 Å². The molecule has 0 aromatic heterocycles. The Bertz CT molecular complexity index is 371. The van der Waals surface area contributed by atoms with Crippen molar-refractivity contribution >= 4 is 19.7 Å². The summed E-state index contributed by atoms with van der Waals surface area (Å²) in [5.41, 5.74) is -0.116. The molecule has 1 aliphatic carbocycles. The van der Waals surface area contributed by atoms with E-state index in [0.717, 1.165) is 19.3 Å². The van der Waals surface area contributed by atoms with Crippen LogP contribution in [0.5, 0.6) is 0 Å². The molecule has 2 fully saturated rings. The molecular formula is C11H19ClO3S. The molecule has 0 aromatic carbocycles. The molecule has 0 bridgehead atoms. The van der Waals surface area contributed by atoms with E-state index in [-0.39, 0.29) is 11.7 Å². The smallest absolute Gasteiger partial charge is 0.238 e. The van der Waals surface area contributed by atoms with Gasteiger partial charge in [0, 0.05) is 10.7 Å². The van der Waals surface area contributed by atoms with Crippen molar-refractivity contribution in [2.75, 3.05) is 0 Å². The number of ether oxygens (including phenoxy) is 1. The predicted molar refractivity (Wildman–Crippen MR) is 64.2 cm³/mol. The summed E-state index contributed by atoms with van der Waals surface area (Å²) in [5.74, 6) is 0. The summed E-state index contributed by atoms with van der Waals surface area (Å²) < 4.78 is 28.2. The summed E-state index contributed by atoms with van der Waals surface area (Å²) in [6.45, 7) is 4.13. The molecule has 1 atom stereocenters. The van der Waals surface area contributed by atoms with Crippen LogP contribution >= 0.6 is 10.7 Å². The maximum absolute atomic E-state index is 11.5. The minimum absolute atomic E-state index is 0.0553. The first-order valence-electron chi connectivity index (χ1n) is 5.86. The monoisotopic (exact) mass is 266 g/mol. The minimum Gasteiger partial charge on any atom is -0.372 e. The molecule has 0 aromatic rings. The zero-order valence-electron chi connectivity index (χ0n) is 9.83. The highest BCUT2D eigenvalue weighted by atomic mass is 35.7. The van der Waals surface area contributed by atoms with Crippen molar-refractivity contribution < 1.29 is 13.2 Å². The molecule has 1 heterocycles. The van der Waals surface area contributed by atoms with E-state index >= 15 is 0 Å². The average Bonchev–Trinajstić information content (AvgIpc) is 2.81. The van der Waals surface area contributed by atoms with Crippen molar-refractivity contribution in [1.82, 2.24) is 0 Å². The van der Waals surface area contributed by atoms with Crippen molar-refractivity contribution in [3.8, 4) is 0 Å². The number of hydrogen-bond donors (Lipinski definition) is 0. The van der Waals surface area contributed by atoms with Crippen LogP contribution in [-0.4, -0.2) is 24.9 Å². The quantitative estimate of drug-likeness (QED) is 0.738. The van der Waals surface area contributed by atoms with Gasteiger partial charge in [0.2, 0.25) is 9.05 Å². The second-order valence-corrected chi connectivity index (χ2v) is 8.68. The third kappa shape index (κ3) is 2.54. The van der Waals surface area contributed by atoms with Gasteiger partial charge in [0.1, 0.15) is 0 Å². The topological polar surface area (TPSA) is 43.4 Å². The number of rotatable bonds is 3. The SMILES string of the molecule is CC1(C)CCCC(CC2(S(=O)(=O)Cl)CC2)O1. The molecule has 0 amide bonds. The van der Waals surface area contributed by atoms with Crippen LogP contribution in [0.2, 0.25) is 0 Å². The fraction of sp³-hybridized carbons (Fsp3) is 1.00. The van der Waals surface area contributed by atoms with Gasteiger partial charge in [0.25, 0.3) is 0 Å². The van der Waals surface area contributed by atoms with Crippen molar-refractivity contribution in [3.05, 3.63) is 0 Å². The Balaban J connectivity index is 2.01. The second-order valence-electron chi connectivity index (χ2n) is 5.72. The molecule has 0 spiro atoms. The molecular weight excluding hydrogens is 248 g/mol. The lowest BCUT2D eigenvalue weighted by atomic mass is 9.93. The first-order valence-corrected chi connectivity index (χ1v) is 8.17. The van der Waals surface area contributed by atoms with Crippen LogP contribution < -0.4 is 0 Å². The largest absolute Gasteiger partial charge is 0.372 e. The van der Waals surface area contributed by atoms with E-state index in [1.54, 1.807) is 0 Å². The second kappa shape index (κ2) is 3.85. The van der Waals surface area contributed by atoms with Gasteiger partial charge in [-0.1, -0.05) is 0 Å². The molecule has 2 aliphatic rings. The zero-order chi connectivity index (χ0) is 12.0. The van der Waals surface area contributed by atoms with Gasteiger partial charge in [-0.15, -0.1) is 0 Å². The van der Waals surface area contributed by atoms with Crippen molar-refractivity contribution in [2.24, 2.45) is 0 Å². The average molecular weight is 267 g/mol. The van der Waals surface area contributed by atoms with E-state index in [1.165, 1.54) is 0 Å². The van der Waals surface area contributed by atoms with E-state index in [4.69, 9.17) is 15.4 Å². The van der Waals surface area contributed by atoms with Crippen LogP contribution in [0.4, 0.5) is 0 Å². The highest BCUT2D eigenvalue weighted by Gasteiger charge is 2.55. The molecule has 94 valence electrons. The third-order valence-electron chi connectivity index (χ3n) is 3.72. The number of halogens is 1. The molecule has 5 heteroatoms. The Morgan fingerprint density at radius 2 is 1.94 bits per heavy atom. The van der Waals surface area contributed by atoms with Crippen LogP contribution in [0.15, 0.2) is 0 Å². The fourth-order valence-corrected chi connectivity index (χ4v) is 4.20. The fourth-order valence-electron chi connectivity index (χ4n) is 2.57. The van der Waals surface area contributed by atoms with E-state index in [0.29, 0.717) is 19.3 Å². The summed E-state index contributed by atoms with van der Waals surface area (Å²) >= 11 is 0. The van der Waals surface area contributed by atoms with Crippen molar-refractivity contribution in [2.45, 2.75) is 68.8 Å². The molecule has 16 heavy (non-hydrogen) atoms. The van der Waals surface area contributed by atoms with Gasteiger partial charge in [0.05, 0.1) is 16.5 Å². The normalized spacial score (nSPS) is 32.3. The molecule has 2 rings (SSSR count). The molecule has 1 aliphatic heterocycles. The van der Waals surface area contributed by atoms with Gasteiger partial charge in [-0.3, -0.25) is 0 Å². The van der Waals surface area contributed by atoms with Crippen LogP contribution in [-0.2, 0) is 13.8 Å². The molecule has 1 saturated carbocycles. The summed E-state index contributed by atoms with van der Waals surface area (Å²) in [5, 5.41) is 0. The lowest BCUT2D eigenvalue weighted by Crippen LogP contribution is -2.38. The third-order valence-corrected chi connectivity index (χ3v) is 6.31. The Kier molecular flexibility index (Phi) is 3.05. The van der Waals surface area contributed by atoms with Gasteiger partial charge in [-0.05, 0) is 52.4 Å². The lowest BCUT2D eigenvalue weighted by molar-refractivity contribution is -0.109. The number of hydrogen-bond acceptors (Lipinski definition) is 3. The maximum Gasteiger partial charge on any atom is 0.238 e. The minimum atomic E-state index is -3.44. The van der Waals surface area contributed by atoms with Gasteiger partial charge >= 0.3 is 0 Å². The zero-order valence-corrected chi connectivity index (χ0v) is 11.4. The van der Waals surface area contributed by atoms with Crippen LogP contribution in [0.3, 0.4) is 0 Å². The maximum atomic E-state index is 11.5. The summed E-state index contributed by atoms with van der Waals surface area (Å²) in [4.78, 5) is 0. The van der Waals surface area contributed by atoms with E-state index < -0.39 is 13.8 Å². The Hall–Kier alpha value is 0.200.